The van der Waals surface area contributed by atoms with E-state index in [2.05, 4.69) is 21.2 Å². The lowest BCUT2D eigenvalue weighted by Crippen LogP contribution is -2.37. The van der Waals surface area contributed by atoms with Crippen LogP contribution in [0.5, 0.6) is 5.75 Å². The lowest BCUT2D eigenvalue weighted by molar-refractivity contribution is 0.0928. The Kier molecular flexibility index (Phi) is 5.28. The molecule has 1 aromatic rings. The molecule has 0 aliphatic rings. The smallest absolute Gasteiger partial charge is 0.255 e. The average molecular weight is 321 g/mol. The molecular formula is C12H15BrClNO2. The van der Waals surface area contributed by atoms with Gasteiger partial charge in [0.25, 0.3) is 5.91 Å². The number of benzene rings is 1. The summed E-state index contributed by atoms with van der Waals surface area (Å²) in [5.41, 5.74) is 0.266. The molecule has 94 valence electrons. The van der Waals surface area contributed by atoms with Crippen LogP contribution in [0.4, 0.5) is 0 Å². The Hall–Kier alpha value is -0.740. The standard InChI is InChI=1S/C12H15BrClNO2/c1-7(6-14)8(2)15-12(17)10-4-3-9(13)5-11(10)16/h3-5,7-8,16H,6H2,1-2H3,(H,15,17). The Morgan fingerprint density at radius 3 is 2.71 bits per heavy atom. The fourth-order valence-corrected chi connectivity index (χ4v) is 1.87. The molecule has 0 saturated carbocycles. The monoisotopic (exact) mass is 319 g/mol. The van der Waals surface area contributed by atoms with Crippen molar-refractivity contribution in [2.75, 3.05) is 5.88 Å². The van der Waals surface area contributed by atoms with E-state index in [1.165, 1.54) is 6.07 Å². The number of phenolic OH excluding ortho intramolecular Hbond substituents is 1. The summed E-state index contributed by atoms with van der Waals surface area (Å²) in [4.78, 5) is 11.9. The predicted octanol–water partition coefficient (Wildman–Crippen LogP) is 3.15. The summed E-state index contributed by atoms with van der Waals surface area (Å²) in [6.07, 6.45) is 0. The van der Waals surface area contributed by atoms with E-state index in [0.717, 1.165) is 4.47 Å². The summed E-state index contributed by atoms with van der Waals surface area (Å²) in [5.74, 6) is 0.327. The van der Waals surface area contributed by atoms with Crippen LogP contribution in [-0.4, -0.2) is 22.9 Å². The molecule has 0 aliphatic heterocycles. The maximum absolute atomic E-state index is 11.9. The molecule has 3 nitrogen and oxygen atoms in total. The van der Waals surface area contributed by atoms with Crippen LogP contribution in [0.15, 0.2) is 22.7 Å². The first-order valence-corrected chi connectivity index (χ1v) is 6.63. The maximum atomic E-state index is 11.9. The molecule has 0 aromatic heterocycles. The fourth-order valence-electron chi connectivity index (χ4n) is 1.26. The third kappa shape index (κ3) is 3.89. The van der Waals surface area contributed by atoms with E-state index >= 15 is 0 Å². The largest absolute Gasteiger partial charge is 0.507 e. The molecule has 2 atom stereocenters. The number of amides is 1. The van der Waals surface area contributed by atoms with Gasteiger partial charge in [-0.05, 0) is 31.0 Å². The van der Waals surface area contributed by atoms with Crippen LogP contribution in [0.1, 0.15) is 24.2 Å². The van der Waals surface area contributed by atoms with Gasteiger partial charge in [0.2, 0.25) is 0 Å². The molecule has 17 heavy (non-hydrogen) atoms. The molecule has 0 spiro atoms. The Balaban J connectivity index is 2.76. The molecule has 2 N–H and O–H groups in total. The number of alkyl halides is 1. The van der Waals surface area contributed by atoms with Crippen molar-refractivity contribution >= 4 is 33.4 Å². The van der Waals surface area contributed by atoms with E-state index in [0.29, 0.717) is 5.88 Å². The highest BCUT2D eigenvalue weighted by molar-refractivity contribution is 9.10. The number of phenols is 1. The molecule has 0 radical (unpaired) electrons. The molecule has 1 aromatic carbocycles. The van der Waals surface area contributed by atoms with Gasteiger partial charge in [-0.25, -0.2) is 0 Å². The first kappa shape index (κ1) is 14.3. The molecule has 0 bridgehead atoms. The zero-order valence-electron chi connectivity index (χ0n) is 9.71. The summed E-state index contributed by atoms with van der Waals surface area (Å²) in [6, 6.07) is 4.74. The Morgan fingerprint density at radius 1 is 1.53 bits per heavy atom. The molecule has 0 saturated heterocycles. The van der Waals surface area contributed by atoms with Crippen LogP contribution < -0.4 is 5.32 Å². The van der Waals surface area contributed by atoms with E-state index in [4.69, 9.17) is 11.6 Å². The number of aromatic hydroxyl groups is 1. The van der Waals surface area contributed by atoms with Gasteiger partial charge in [-0.3, -0.25) is 4.79 Å². The van der Waals surface area contributed by atoms with Gasteiger partial charge in [0.15, 0.2) is 0 Å². The van der Waals surface area contributed by atoms with Gasteiger partial charge in [0.05, 0.1) is 5.56 Å². The van der Waals surface area contributed by atoms with Crippen LogP contribution in [0.25, 0.3) is 0 Å². The minimum absolute atomic E-state index is 0.0388. The quantitative estimate of drug-likeness (QED) is 0.837. The van der Waals surface area contributed by atoms with Gasteiger partial charge in [0.1, 0.15) is 5.75 Å². The van der Waals surface area contributed by atoms with Crippen molar-refractivity contribution < 1.29 is 9.90 Å². The van der Waals surface area contributed by atoms with Crippen molar-refractivity contribution in [2.24, 2.45) is 5.92 Å². The zero-order valence-corrected chi connectivity index (χ0v) is 12.0. The third-order valence-corrected chi connectivity index (χ3v) is 3.64. The first-order chi connectivity index (χ1) is 7.95. The number of hydrogen-bond donors (Lipinski definition) is 2. The van der Waals surface area contributed by atoms with Gasteiger partial charge >= 0.3 is 0 Å². The second-order valence-corrected chi connectivity index (χ2v) is 5.28. The maximum Gasteiger partial charge on any atom is 0.255 e. The lowest BCUT2D eigenvalue weighted by Gasteiger charge is -2.19. The average Bonchev–Trinajstić information content (AvgIpc) is 2.27. The Labute approximate surface area is 114 Å². The van der Waals surface area contributed by atoms with Crippen LogP contribution >= 0.6 is 27.5 Å². The number of rotatable bonds is 4. The van der Waals surface area contributed by atoms with Crippen LogP contribution in [0.2, 0.25) is 0 Å². The lowest BCUT2D eigenvalue weighted by atomic mass is 10.1. The van der Waals surface area contributed by atoms with E-state index in [-0.39, 0.29) is 29.2 Å². The van der Waals surface area contributed by atoms with Crippen LogP contribution in [0, 0.1) is 5.92 Å². The molecule has 0 heterocycles. The second kappa shape index (κ2) is 6.26. The molecule has 1 rings (SSSR count). The van der Waals surface area contributed by atoms with Crippen LogP contribution in [-0.2, 0) is 0 Å². The van der Waals surface area contributed by atoms with E-state index in [1.54, 1.807) is 12.1 Å². The highest BCUT2D eigenvalue weighted by atomic mass is 79.9. The van der Waals surface area contributed by atoms with E-state index < -0.39 is 0 Å². The molecular weight excluding hydrogens is 305 g/mol. The Bertz CT molecular complexity index is 411. The van der Waals surface area contributed by atoms with Crippen LogP contribution in [0.3, 0.4) is 0 Å². The van der Waals surface area contributed by atoms with E-state index in [9.17, 15) is 9.90 Å². The summed E-state index contributed by atoms with van der Waals surface area (Å²) < 4.78 is 0.730. The van der Waals surface area contributed by atoms with Crippen molar-refractivity contribution in [3.8, 4) is 5.75 Å². The number of carbonyl (C=O) groups excluding carboxylic acids is 1. The SMILES string of the molecule is CC(CCl)C(C)NC(=O)c1ccc(Br)cc1O. The van der Waals surface area contributed by atoms with Crippen molar-refractivity contribution in [3.05, 3.63) is 28.2 Å². The predicted molar refractivity (Wildman–Crippen MR) is 72.6 cm³/mol. The number of halogens is 2. The Morgan fingerprint density at radius 2 is 2.18 bits per heavy atom. The summed E-state index contributed by atoms with van der Waals surface area (Å²) >= 11 is 8.94. The summed E-state index contributed by atoms with van der Waals surface area (Å²) in [7, 11) is 0. The van der Waals surface area contributed by atoms with Crippen molar-refractivity contribution in [3.63, 3.8) is 0 Å². The second-order valence-electron chi connectivity index (χ2n) is 4.06. The highest BCUT2D eigenvalue weighted by Gasteiger charge is 2.17. The number of hydrogen-bond acceptors (Lipinski definition) is 2. The molecule has 5 heteroatoms. The topological polar surface area (TPSA) is 49.3 Å². The number of carbonyl (C=O) groups is 1. The molecule has 0 fully saturated rings. The highest BCUT2D eigenvalue weighted by Crippen LogP contribution is 2.22. The third-order valence-electron chi connectivity index (χ3n) is 2.66. The normalized spacial score (nSPS) is 14.1. The van der Waals surface area contributed by atoms with Gasteiger partial charge in [-0.15, -0.1) is 11.6 Å². The molecule has 0 aliphatic carbocycles. The van der Waals surface area contributed by atoms with Crippen molar-refractivity contribution in [1.82, 2.24) is 5.32 Å². The minimum atomic E-state index is -0.292. The minimum Gasteiger partial charge on any atom is -0.507 e. The number of nitrogens with one attached hydrogen (secondary N) is 1. The molecule has 1 amide bonds. The van der Waals surface area contributed by atoms with Gasteiger partial charge in [0, 0.05) is 16.4 Å². The summed E-state index contributed by atoms with van der Waals surface area (Å²) in [5, 5.41) is 12.5. The summed E-state index contributed by atoms with van der Waals surface area (Å²) in [6.45, 7) is 3.85. The van der Waals surface area contributed by atoms with Gasteiger partial charge in [-0.2, -0.15) is 0 Å². The van der Waals surface area contributed by atoms with Gasteiger partial charge < -0.3 is 10.4 Å². The van der Waals surface area contributed by atoms with Crippen molar-refractivity contribution in [1.29, 1.82) is 0 Å². The van der Waals surface area contributed by atoms with E-state index in [1.807, 2.05) is 13.8 Å². The fraction of sp³-hybridized carbons (Fsp3) is 0.417. The molecule has 2 unspecified atom stereocenters. The zero-order chi connectivity index (χ0) is 13.0. The van der Waals surface area contributed by atoms with Crippen molar-refractivity contribution in [2.45, 2.75) is 19.9 Å². The first-order valence-electron chi connectivity index (χ1n) is 5.31. The van der Waals surface area contributed by atoms with Gasteiger partial charge in [-0.1, -0.05) is 22.9 Å².